The number of fused-ring (bicyclic) bond motifs is 1. The lowest BCUT2D eigenvalue weighted by molar-refractivity contribution is -0.123. The average Bonchev–Trinajstić information content (AvgIpc) is 3.27. The van der Waals surface area contributed by atoms with Crippen LogP contribution >= 0.6 is 11.6 Å². The van der Waals surface area contributed by atoms with Gasteiger partial charge in [-0.2, -0.15) is 0 Å². The number of anilines is 1. The van der Waals surface area contributed by atoms with Crippen molar-refractivity contribution < 1.29 is 9.59 Å². The first-order valence-electron chi connectivity index (χ1n) is 9.79. The predicted octanol–water partition coefficient (Wildman–Crippen LogP) is 3.18. The number of halogens is 1. The molecular weight excluding hydrogens is 378 g/mol. The lowest BCUT2D eigenvalue weighted by Gasteiger charge is -2.28. The first-order chi connectivity index (χ1) is 13.5. The highest BCUT2D eigenvalue weighted by atomic mass is 35.5. The number of imidazole rings is 1. The molecule has 2 N–H and O–H groups in total. The van der Waals surface area contributed by atoms with Gasteiger partial charge in [-0.15, -0.1) is 0 Å². The Labute approximate surface area is 168 Å². The van der Waals surface area contributed by atoms with Crippen LogP contribution in [-0.2, 0) is 22.6 Å². The summed E-state index contributed by atoms with van der Waals surface area (Å²) in [6, 6.07) is 1.88. The predicted molar refractivity (Wildman–Crippen MR) is 107 cm³/mol. The number of aryl methyl sites for hydroxylation is 1. The summed E-state index contributed by atoms with van der Waals surface area (Å²) in [5, 5.41) is 6.40. The minimum Gasteiger partial charge on any atom is -0.354 e. The van der Waals surface area contributed by atoms with Gasteiger partial charge in [-0.05, 0) is 31.7 Å². The molecule has 0 bridgehead atoms. The van der Waals surface area contributed by atoms with E-state index in [0.717, 1.165) is 55.7 Å². The molecule has 2 aliphatic rings. The summed E-state index contributed by atoms with van der Waals surface area (Å²) in [5.41, 5.74) is 1.78. The summed E-state index contributed by atoms with van der Waals surface area (Å²) in [5.74, 6) is 1.31. The molecule has 3 heterocycles. The van der Waals surface area contributed by atoms with Crippen LogP contribution in [0.4, 0.5) is 5.82 Å². The molecule has 2 amide bonds. The Kier molecular flexibility index (Phi) is 5.35. The van der Waals surface area contributed by atoms with Crippen molar-refractivity contribution in [3.63, 3.8) is 0 Å². The van der Waals surface area contributed by atoms with E-state index in [2.05, 4.69) is 25.2 Å². The molecule has 0 spiro atoms. The summed E-state index contributed by atoms with van der Waals surface area (Å²) < 4.78 is 2.17. The molecule has 7 nitrogen and oxygen atoms in total. The number of pyridine rings is 1. The summed E-state index contributed by atoms with van der Waals surface area (Å²) in [4.78, 5) is 32.8. The van der Waals surface area contributed by atoms with Gasteiger partial charge in [0.1, 0.15) is 11.6 Å². The molecular formula is C20H24ClN5O2. The Balaban J connectivity index is 1.49. The second kappa shape index (κ2) is 7.91. The van der Waals surface area contributed by atoms with Crippen LogP contribution in [0.5, 0.6) is 0 Å². The van der Waals surface area contributed by atoms with Crippen molar-refractivity contribution in [1.29, 1.82) is 0 Å². The van der Waals surface area contributed by atoms with Crippen LogP contribution in [0, 0.1) is 5.92 Å². The van der Waals surface area contributed by atoms with E-state index in [1.54, 1.807) is 6.20 Å². The van der Waals surface area contributed by atoms with Gasteiger partial charge in [-0.3, -0.25) is 9.59 Å². The van der Waals surface area contributed by atoms with Gasteiger partial charge in [0.05, 0.1) is 16.9 Å². The van der Waals surface area contributed by atoms with Crippen molar-refractivity contribution in [2.45, 2.75) is 58.0 Å². The van der Waals surface area contributed by atoms with Gasteiger partial charge in [0.25, 0.3) is 0 Å². The molecule has 2 atom stereocenters. The van der Waals surface area contributed by atoms with Gasteiger partial charge in [-0.1, -0.05) is 18.0 Å². The first kappa shape index (κ1) is 18.9. The maximum absolute atomic E-state index is 12.8. The molecule has 1 saturated carbocycles. The average molecular weight is 402 g/mol. The van der Waals surface area contributed by atoms with Crippen molar-refractivity contribution in [2.75, 3.05) is 5.32 Å². The highest BCUT2D eigenvalue weighted by molar-refractivity contribution is 6.33. The van der Waals surface area contributed by atoms with Gasteiger partial charge in [-0.25, -0.2) is 9.97 Å². The fourth-order valence-electron chi connectivity index (χ4n) is 4.25. The monoisotopic (exact) mass is 401 g/mol. The molecule has 1 aliphatic carbocycles. The van der Waals surface area contributed by atoms with Crippen LogP contribution in [0.3, 0.4) is 0 Å². The van der Waals surface area contributed by atoms with Crippen LogP contribution in [-0.4, -0.2) is 32.4 Å². The molecule has 1 aliphatic heterocycles. The Morgan fingerprint density at radius 3 is 2.89 bits per heavy atom. The highest BCUT2D eigenvalue weighted by Crippen LogP contribution is 2.32. The van der Waals surface area contributed by atoms with E-state index in [0.29, 0.717) is 17.3 Å². The number of nitrogens with zero attached hydrogens (tertiary/aromatic N) is 3. The maximum Gasteiger partial charge on any atom is 0.228 e. The molecule has 0 aromatic carbocycles. The summed E-state index contributed by atoms with van der Waals surface area (Å²) in [7, 11) is 0. The van der Waals surface area contributed by atoms with Gasteiger partial charge < -0.3 is 15.2 Å². The third-order valence-electron chi connectivity index (χ3n) is 5.56. The van der Waals surface area contributed by atoms with Crippen LogP contribution in [0.2, 0.25) is 5.02 Å². The Morgan fingerprint density at radius 1 is 1.21 bits per heavy atom. The normalized spacial score (nSPS) is 21.2. The second-order valence-electron chi connectivity index (χ2n) is 7.61. The van der Waals surface area contributed by atoms with Crippen LogP contribution < -0.4 is 10.6 Å². The van der Waals surface area contributed by atoms with Crippen molar-refractivity contribution in [2.24, 2.45) is 5.92 Å². The second-order valence-corrected chi connectivity index (χ2v) is 8.02. The van der Waals surface area contributed by atoms with E-state index in [1.165, 1.54) is 6.92 Å². The van der Waals surface area contributed by atoms with E-state index >= 15 is 0 Å². The number of rotatable bonds is 4. The molecule has 1 fully saturated rings. The molecule has 0 radical (unpaired) electrons. The number of carbonyl (C=O) groups is 2. The standard InChI is InChI=1S/C20H24ClN5O2/c1-12(27)24-14-5-2-4-13(8-14)20(28)25-18-9-15(16(21)10-22-18)17-11-23-19-6-3-7-26(17)19/h9-11,13-14H,2-8H2,1H3,(H,24,27)(H,22,25,28)/t13-,14?/m1/s1. The van der Waals surface area contributed by atoms with Gasteiger partial charge in [0.2, 0.25) is 11.8 Å². The minimum absolute atomic E-state index is 0.0524. The van der Waals surface area contributed by atoms with E-state index in [4.69, 9.17) is 11.6 Å². The number of amides is 2. The van der Waals surface area contributed by atoms with E-state index in [-0.39, 0.29) is 23.8 Å². The quantitative estimate of drug-likeness (QED) is 0.823. The molecule has 0 saturated heterocycles. The van der Waals surface area contributed by atoms with Crippen LogP contribution in [0.25, 0.3) is 11.3 Å². The largest absolute Gasteiger partial charge is 0.354 e. The first-order valence-corrected chi connectivity index (χ1v) is 10.2. The third kappa shape index (κ3) is 3.90. The van der Waals surface area contributed by atoms with Crippen LogP contribution in [0.15, 0.2) is 18.5 Å². The summed E-state index contributed by atoms with van der Waals surface area (Å²) >= 11 is 6.39. The molecule has 1 unspecified atom stereocenters. The zero-order valence-corrected chi connectivity index (χ0v) is 16.6. The van der Waals surface area contributed by atoms with Crippen molar-refractivity contribution in [3.05, 3.63) is 29.3 Å². The number of aromatic nitrogens is 3. The van der Waals surface area contributed by atoms with Gasteiger partial charge in [0.15, 0.2) is 0 Å². The lowest BCUT2D eigenvalue weighted by Crippen LogP contribution is -2.40. The third-order valence-corrected chi connectivity index (χ3v) is 5.86. The fourth-order valence-corrected chi connectivity index (χ4v) is 4.45. The number of hydrogen-bond acceptors (Lipinski definition) is 4. The molecule has 148 valence electrons. The number of nitrogens with one attached hydrogen (secondary N) is 2. The molecule has 4 rings (SSSR count). The number of hydrogen-bond donors (Lipinski definition) is 2. The van der Waals surface area contributed by atoms with Crippen molar-refractivity contribution in [3.8, 4) is 11.3 Å². The van der Waals surface area contributed by atoms with E-state index < -0.39 is 0 Å². The zero-order valence-electron chi connectivity index (χ0n) is 15.9. The van der Waals surface area contributed by atoms with Gasteiger partial charge in [0, 0.05) is 43.6 Å². The topological polar surface area (TPSA) is 88.9 Å². The van der Waals surface area contributed by atoms with Crippen molar-refractivity contribution in [1.82, 2.24) is 19.9 Å². The van der Waals surface area contributed by atoms with Gasteiger partial charge >= 0.3 is 0 Å². The fraction of sp³-hybridized carbons (Fsp3) is 0.500. The summed E-state index contributed by atoms with van der Waals surface area (Å²) in [6.07, 6.45) is 8.77. The Bertz CT molecular complexity index is 910. The molecule has 28 heavy (non-hydrogen) atoms. The van der Waals surface area contributed by atoms with E-state index in [9.17, 15) is 9.59 Å². The maximum atomic E-state index is 12.8. The van der Waals surface area contributed by atoms with Crippen molar-refractivity contribution >= 4 is 29.2 Å². The Morgan fingerprint density at radius 2 is 2.07 bits per heavy atom. The summed E-state index contributed by atoms with van der Waals surface area (Å²) in [6.45, 7) is 2.44. The van der Waals surface area contributed by atoms with Crippen LogP contribution in [0.1, 0.15) is 44.9 Å². The molecule has 2 aromatic heterocycles. The molecule has 8 heteroatoms. The number of carbonyl (C=O) groups excluding carboxylic acids is 2. The SMILES string of the molecule is CC(=O)NC1CCC[C@@H](C(=O)Nc2cc(-c3cnc4n3CCC4)c(Cl)cn2)C1. The highest BCUT2D eigenvalue weighted by Gasteiger charge is 2.28. The zero-order chi connectivity index (χ0) is 19.7. The van der Waals surface area contributed by atoms with E-state index in [1.807, 2.05) is 12.3 Å². The minimum atomic E-state index is -0.134. The lowest BCUT2D eigenvalue weighted by atomic mass is 9.85. The smallest absolute Gasteiger partial charge is 0.228 e. The molecule has 2 aromatic rings. The Hall–Kier alpha value is -2.41.